The Hall–Kier alpha value is -2.43. The highest BCUT2D eigenvalue weighted by Gasteiger charge is 2.28. The van der Waals surface area contributed by atoms with Crippen molar-refractivity contribution < 1.29 is 8.42 Å². The molecule has 1 fully saturated rings. The predicted molar refractivity (Wildman–Crippen MR) is 96.5 cm³/mol. The molecule has 25 heavy (non-hydrogen) atoms. The fraction of sp³-hybridized carbons (Fsp3) is 0.333. The molecule has 1 aromatic heterocycles. The van der Waals surface area contributed by atoms with E-state index in [0.717, 1.165) is 11.1 Å². The lowest BCUT2D eigenvalue weighted by Gasteiger charge is -2.35. The molecular formula is C18H20N4O2S. The average Bonchev–Trinajstić information content (AvgIpc) is 2.63. The molecule has 0 N–H and O–H groups in total. The maximum absolute atomic E-state index is 12.7. The van der Waals surface area contributed by atoms with Crippen molar-refractivity contribution in [3.63, 3.8) is 0 Å². The lowest BCUT2D eigenvalue weighted by molar-refractivity contribution is 0.383. The van der Waals surface area contributed by atoms with Crippen LogP contribution in [-0.2, 0) is 15.8 Å². The molecule has 130 valence electrons. The van der Waals surface area contributed by atoms with Crippen molar-refractivity contribution in [3.8, 4) is 6.07 Å². The Bertz CT molecular complexity index is 897. The second-order valence-electron chi connectivity index (χ2n) is 6.06. The average molecular weight is 356 g/mol. The van der Waals surface area contributed by atoms with Gasteiger partial charge >= 0.3 is 0 Å². The molecule has 0 unspecified atom stereocenters. The summed E-state index contributed by atoms with van der Waals surface area (Å²) in [4.78, 5) is 6.25. The molecule has 2 aromatic rings. The molecule has 6 nitrogen and oxygen atoms in total. The first kappa shape index (κ1) is 17.4. The van der Waals surface area contributed by atoms with Gasteiger partial charge in [-0.3, -0.25) is 0 Å². The van der Waals surface area contributed by atoms with E-state index < -0.39 is 10.0 Å². The van der Waals surface area contributed by atoms with Crippen LogP contribution in [0.1, 0.15) is 16.7 Å². The lowest BCUT2D eigenvalue weighted by atomic mass is 10.1. The lowest BCUT2D eigenvalue weighted by Crippen LogP contribution is -2.49. The number of anilines is 1. The molecule has 0 spiro atoms. The molecule has 3 rings (SSSR count). The Morgan fingerprint density at radius 2 is 1.84 bits per heavy atom. The van der Waals surface area contributed by atoms with Crippen LogP contribution in [0.4, 0.5) is 5.82 Å². The van der Waals surface area contributed by atoms with Gasteiger partial charge in [0.25, 0.3) is 0 Å². The number of nitrogens with zero attached hydrogens (tertiary/aromatic N) is 4. The number of pyridine rings is 1. The molecule has 1 aliphatic heterocycles. The van der Waals surface area contributed by atoms with Crippen molar-refractivity contribution in [2.24, 2.45) is 0 Å². The quantitative estimate of drug-likeness (QED) is 0.836. The first-order chi connectivity index (χ1) is 12.0. The van der Waals surface area contributed by atoms with Crippen LogP contribution in [-0.4, -0.2) is 43.9 Å². The normalized spacial score (nSPS) is 15.8. The number of aromatic nitrogens is 1. The van der Waals surface area contributed by atoms with Gasteiger partial charge in [0, 0.05) is 32.4 Å². The zero-order valence-electron chi connectivity index (χ0n) is 14.1. The number of hydrogen-bond donors (Lipinski definition) is 0. The number of piperazine rings is 1. The molecule has 1 aliphatic rings. The van der Waals surface area contributed by atoms with Crippen molar-refractivity contribution in [1.82, 2.24) is 9.29 Å². The van der Waals surface area contributed by atoms with E-state index in [1.807, 2.05) is 36.1 Å². The first-order valence-electron chi connectivity index (χ1n) is 8.13. The summed E-state index contributed by atoms with van der Waals surface area (Å²) in [6.07, 6.45) is 1.65. The van der Waals surface area contributed by atoms with E-state index in [4.69, 9.17) is 0 Å². The minimum atomic E-state index is -3.36. The Balaban J connectivity index is 1.69. The number of sulfonamides is 1. The zero-order chi connectivity index (χ0) is 17.9. The minimum absolute atomic E-state index is 0.0205. The maximum atomic E-state index is 12.7. The number of benzene rings is 1. The van der Waals surface area contributed by atoms with E-state index in [0.29, 0.717) is 37.6 Å². The van der Waals surface area contributed by atoms with Gasteiger partial charge in [-0.05, 0) is 30.2 Å². The van der Waals surface area contributed by atoms with Gasteiger partial charge in [0.15, 0.2) is 0 Å². The van der Waals surface area contributed by atoms with Gasteiger partial charge in [0.1, 0.15) is 11.9 Å². The van der Waals surface area contributed by atoms with Crippen LogP contribution in [0.25, 0.3) is 0 Å². The third-order valence-corrected chi connectivity index (χ3v) is 6.27. The number of rotatable bonds is 4. The Morgan fingerprint density at radius 1 is 1.12 bits per heavy atom. The van der Waals surface area contributed by atoms with E-state index in [1.54, 1.807) is 18.3 Å². The third kappa shape index (κ3) is 3.81. The summed E-state index contributed by atoms with van der Waals surface area (Å²) < 4.78 is 27.0. The van der Waals surface area contributed by atoms with E-state index in [9.17, 15) is 13.7 Å². The summed E-state index contributed by atoms with van der Waals surface area (Å²) in [5, 5.41) is 9.20. The van der Waals surface area contributed by atoms with Crippen LogP contribution >= 0.6 is 0 Å². The summed E-state index contributed by atoms with van der Waals surface area (Å²) in [5.41, 5.74) is 2.33. The van der Waals surface area contributed by atoms with Gasteiger partial charge in [-0.25, -0.2) is 13.4 Å². The second kappa shape index (κ2) is 7.21. The highest BCUT2D eigenvalue weighted by atomic mass is 32.2. The summed E-state index contributed by atoms with van der Waals surface area (Å²) in [6.45, 7) is 3.77. The molecule has 7 heteroatoms. The second-order valence-corrected chi connectivity index (χ2v) is 8.02. The number of hydrogen-bond acceptors (Lipinski definition) is 5. The smallest absolute Gasteiger partial charge is 0.218 e. The van der Waals surface area contributed by atoms with Crippen molar-refractivity contribution in [1.29, 1.82) is 5.26 Å². The third-order valence-electron chi connectivity index (χ3n) is 4.44. The highest BCUT2D eigenvalue weighted by Crippen LogP contribution is 2.21. The van der Waals surface area contributed by atoms with E-state index in [-0.39, 0.29) is 5.75 Å². The zero-order valence-corrected chi connectivity index (χ0v) is 14.9. The standard InChI is InChI=1S/C18H20N4O2S/c1-15-5-2-3-6-17(15)14-25(23,24)22-11-9-21(10-12-22)18-16(13-19)7-4-8-20-18/h2-8H,9-12,14H2,1H3. The Labute approximate surface area is 148 Å². The summed E-state index contributed by atoms with van der Waals surface area (Å²) in [5.74, 6) is 0.646. The SMILES string of the molecule is Cc1ccccc1CS(=O)(=O)N1CCN(c2ncccc2C#N)CC1. The first-order valence-corrected chi connectivity index (χ1v) is 9.74. The van der Waals surface area contributed by atoms with Gasteiger partial charge in [-0.15, -0.1) is 0 Å². The summed E-state index contributed by atoms with van der Waals surface area (Å²) in [6, 6.07) is 13.1. The Morgan fingerprint density at radius 3 is 2.52 bits per heavy atom. The van der Waals surface area contributed by atoms with Crippen LogP contribution < -0.4 is 4.90 Å². The molecule has 1 saturated heterocycles. The largest absolute Gasteiger partial charge is 0.353 e. The Kier molecular flexibility index (Phi) is 5.02. The van der Waals surface area contributed by atoms with Gasteiger partial charge < -0.3 is 4.90 Å². The minimum Gasteiger partial charge on any atom is -0.353 e. The van der Waals surface area contributed by atoms with E-state index >= 15 is 0 Å². The van der Waals surface area contributed by atoms with Gasteiger partial charge in [0.05, 0.1) is 11.3 Å². The van der Waals surface area contributed by atoms with Gasteiger partial charge in [0.2, 0.25) is 10.0 Å². The summed E-state index contributed by atoms with van der Waals surface area (Å²) >= 11 is 0. The van der Waals surface area contributed by atoms with Crippen molar-refractivity contribution in [3.05, 3.63) is 59.3 Å². The molecule has 0 radical (unpaired) electrons. The number of nitriles is 1. The monoisotopic (exact) mass is 356 g/mol. The maximum Gasteiger partial charge on any atom is 0.218 e. The fourth-order valence-corrected chi connectivity index (χ4v) is 4.59. The van der Waals surface area contributed by atoms with Crippen molar-refractivity contribution in [2.45, 2.75) is 12.7 Å². The predicted octanol–water partition coefficient (Wildman–Crippen LogP) is 1.91. The van der Waals surface area contributed by atoms with Gasteiger partial charge in [-0.1, -0.05) is 24.3 Å². The molecule has 2 heterocycles. The van der Waals surface area contributed by atoms with Gasteiger partial charge in [-0.2, -0.15) is 9.57 Å². The molecule has 0 bridgehead atoms. The fourth-order valence-electron chi connectivity index (χ4n) is 2.97. The molecule has 1 aromatic carbocycles. The van der Waals surface area contributed by atoms with Crippen LogP contribution in [0.15, 0.2) is 42.6 Å². The highest BCUT2D eigenvalue weighted by molar-refractivity contribution is 7.88. The molecular weight excluding hydrogens is 336 g/mol. The van der Waals surface area contributed by atoms with Crippen LogP contribution in [0, 0.1) is 18.3 Å². The van der Waals surface area contributed by atoms with E-state index in [2.05, 4.69) is 11.1 Å². The molecule has 0 saturated carbocycles. The van der Waals surface area contributed by atoms with Crippen LogP contribution in [0.2, 0.25) is 0 Å². The van der Waals surface area contributed by atoms with Crippen molar-refractivity contribution in [2.75, 3.05) is 31.1 Å². The van der Waals surface area contributed by atoms with Crippen LogP contribution in [0.3, 0.4) is 0 Å². The van der Waals surface area contributed by atoms with E-state index in [1.165, 1.54) is 4.31 Å². The molecule has 0 atom stereocenters. The molecule has 0 amide bonds. The van der Waals surface area contributed by atoms with Crippen LogP contribution in [0.5, 0.6) is 0 Å². The number of aryl methyl sites for hydroxylation is 1. The topological polar surface area (TPSA) is 77.3 Å². The molecule has 0 aliphatic carbocycles. The summed E-state index contributed by atoms with van der Waals surface area (Å²) in [7, 11) is -3.36. The van der Waals surface area contributed by atoms with Crippen molar-refractivity contribution >= 4 is 15.8 Å².